The number of benzene rings is 3. The molecule has 3 heteroatoms. The molecule has 0 bridgehead atoms. The lowest BCUT2D eigenvalue weighted by Crippen LogP contribution is -2.30. The number of ether oxygens (including phenoxy) is 1. The number of aryl methyl sites for hydroxylation is 3. The van der Waals surface area contributed by atoms with E-state index in [1.807, 2.05) is 75.4 Å². The summed E-state index contributed by atoms with van der Waals surface area (Å²) in [6, 6.07) is 21.8. The summed E-state index contributed by atoms with van der Waals surface area (Å²) in [6.45, 7) is 6.08. The first-order valence-corrected chi connectivity index (χ1v) is 9.05. The van der Waals surface area contributed by atoms with Crippen LogP contribution in [0.3, 0.4) is 0 Å². The van der Waals surface area contributed by atoms with Gasteiger partial charge < -0.3 is 9.84 Å². The fourth-order valence-corrected chi connectivity index (χ4v) is 3.42. The molecular formula is C24H24O3. The highest BCUT2D eigenvalue weighted by Crippen LogP contribution is 2.24. The first-order valence-electron chi connectivity index (χ1n) is 9.05. The van der Waals surface area contributed by atoms with Crippen LogP contribution in [0.15, 0.2) is 66.7 Å². The Kier molecular flexibility index (Phi) is 5.60. The fraction of sp³-hybridized carbons (Fsp3) is 0.208. The Morgan fingerprint density at radius 2 is 1.44 bits per heavy atom. The average molecular weight is 360 g/mol. The summed E-state index contributed by atoms with van der Waals surface area (Å²) in [5, 5.41) is 9.64. The van der Waals surface area contributed by atoms with E-state index in [1.165, 1.54) is 5.56 Å². The van der Waals surface area contributed by atoms with Gasteiger partial charge in [0, 0.05) is 6.42 Å². The van der Waals surface area contributed by atoms with E-state index in [-0.39, 0.29) is 0 Å². The topological polar surface area (TPSA) is 46.5 Å². The number of aliphatic carboxylic acids is 1. The van der Waals surface area contributed by atoms with Crippen molar-refractivity contribution in [1.82, 2.24) is 0 Å². The molecule has 0 radical (unpaired) electrons. The quantitative estimate of drug-likeness (QED) is 0.644. The van der Waals surface area contributed by atoms with Crippen LogP contribution in [-0.2, 0) is 11.2 Å². The summed E-state index contributed by atoms with van der Waals surface area (Å²) in [6.07, 6.45) is -0.582. The van der Waals surface area contributed by atoms with Crippen LogP contribution in [0.25, 0.3) is 11.1 Å². The molecule has 0 aromatic heterocycles. The second kappa shape index (κ2) is 8.09. The van der Waals surface area contributed by atoms with E-state index in [4.69, 9.17) is 4.74 Å². The normalized spacial score (nSPS) is 11.8. The van der Waals surface area contributed by atoms with Gasteiger partial charge in [0.25, 0.3) is 0 Å². The Balaban J connectivity index is 1.78. The smallest absolute Gasteiger partial charge is 0.345 e. The minimum Gasteiger partial charge on any atom is -0.478 e. The van der Waals surface area contributed by atoms with Gasteiger partial charge in [-0.05, 0) is 60.7 Å². The number of hydrogen-bond acceptors (Lipinski definition) is 2. The van der Waals surface area contributed by atoms with Gasteiger partial charge in [0.2, 0.25) is 0 Å². The van der Waals surface area contributed by atoms with Crippen LogP contribution < -0.4 is 4.74 Å². The number of hydrogen-bond donors (Lipinski definition) is 1. The minimum absolute atomic E-state index is 0.341. The highest BCUT2D eigenvalue weighted by Gasteiger charge is 2.22. The Hall–Kier alpha value is -3.07. The zero-order valence-corrected chi connectivity index (χ0v) is 15.9. The van der Waals surface area contributed by atoms with E-state index in [0.717, 1.165) is 27.8 Å². The summed E-state index contributed by atoms with van der Waals surface area (Å²) in [4.78, 5) is 11.8. The Labute approximate surface area is 160 Å². The second-order valence-corrected chi connectivity index (χ2v) is 6.92. The third kappa shape index (κ3) is 4.56. The van der Waals surface area contributed by atoms with Gasteiger partial charge in [-0.3, -0.25) is 0 Å². The molecule has 3 rings (SSSR count). The van der Waals surface area contributed by atoms with E-state index in [0.29, 0.717) is 12.2 Å². The van der Waals surface area contributed by atoms with Crippen molar-refractivity contribution in [3.63, 3.8) is 0 Å². The zero-order valence-electron chi connectivity index (χ0n) is 15.9. The highest BCUT2D eigenvalue weighted by atomic mass is 16.5. The van der Waals surface area contributed by atoms with Crippen LogP contribution in [0.2, 0.25) is 0 Å². The maximum atomic E-state index is 11.8. The van der Waals surface area contributed by atoms with Crippen molar-refractivity contribution in [2.45, 2.75) is 33.3 Å². The molecule has 3 aromatic carbocycles. The van der Waals surface area contributed by atoms with Gasteiger partial charge in [0.05, 0.1) is 0 Å². The molecule has 0 spiro atoms. The van der Waals surface area contributed by atoms with E-state index >= 15 is 0 Å². The third-order valence-electron chi connectivity index (χ3n) is 4.75. The van der Waals surface area contributed by atoms with E-state index in [1.54, 1.807) is 0 Å². The van der Waals surface area contributed by atoms with E-state index in [2.05, 4.69) is 12.1 Å². The summed E-state index contributed by atoms with van der Waals surface area (Å²) in [5.41, 5.74) is 6.60. The summed E-state index contributed by atoms with van der Waals surface area (Å²) in [5.74, 6) is -0.397. The lowest BCUT2D eigenvalue weighted by molar-refractivity contribution is -0.145. The molecule has 3 aromatic rings. The van der Waals surface area contributed by atoms with Gasteiger partial charge in [0.15, 0.2) is 6.10 Å². The number of carbonyl (C=O) groups is 1. The maximum Gasteiger partial charge on any atom is 0.345 e. The molecule has 0 saturated carbocycles. The lowest BCUT2D eigenvalue weighted by Gasteiger charge is -2.18. The Bertz CT molecular complexity index is 905. The number of rotatable bonds is 6. The van der Waals surface area contributed by atoms with Gasteiger partial charge in [-0.1, -0.05) is 60.2 Å². The van der Waals surface area contributed by atoms with Crippen LogP contribution in [0.1, 0.15) is 22.3 Å². The van der Waals surface area contributed by atoms with Crippen LogP contribution in [0.4, 0.5) is 0 Å². The third-order valence-corrected chi connectivity index (χ3v) is 4.75. The summed E-state index contributed by atoms with van der Waals surface area (Å²) >= 11 is 0. The lowest BCUT2D eigenvalue weighted by atomic mass is 9.95. The molecule has 0 aliphatic heterocycles. The summed E-state index contributed by atoms with van der Waals surface area (Å²) in [7, 11) is 0. The molecule has 138 valence electrons. The van der Waals surface area contributed by atoms with Gasteiger partial charge in [-0.2, -0.15) is 0 Å². The van der Waals surface area contributed by atoms with Crippen LogP contribution in [0.5, 0.6) is 5.75 Å². The van der Waals surface area contributed by atoms with Crippen molar-refractivity contribution in [3.05, 3.63) is 89.0 Å². The molecule has 3 nitrogen and oxygen atoms in total. The molecule has 27 heavy (non-hydrogen) atoms. The molecule has 0 fully saturated rings. The van der Waals surface area contributed by atoms with Crippen molar-refractivity contribution >= 4 is 5.97 Å². The molecule has 0 aliphatic carbocycles. The molecule has 0 amide bonds. The van der Waals surface area contributed by atoms with E-state index < -0.39 is 12.1 Å². The van der Waals surface area contributed by atoms with E-state index in [9.17, 15) is 9.90 Å². The zero-order chi connectivity index (χ0) is 19.4. The van der Waals surface area contributed by atoms with Crippen molar-refractivity contribution in [2.75, 3.05) is 0 Å². The number of carboxylic acid groups (broad SMARTS) is 1. The first kappa shape index (κ1) is 18.7. The predicted molar refractivity (Wildman–Crippen MR) is 108 cm³/mol. The average Bonchev–Trinajstić information content (AvgIpc) is 2.64. The Morgan fingerprint density at radius 1 is 0.889 bits per heavy atom. The monoisotopic (exact) mass is 360 g/mol. The highest BCUT2D eigenvalue weighted by molar-refractivity contribution is 5.73. The molecule has 0 heterocycles. The van der Waals surface area contributed by atoms with Crippen molar-refractivity contribution < 1.29 is 14.6 Å². The molecular weight excluding hydrogens is 336 g/mol. The van der Waals surface area contributed by atoms with Crippen LogP contribution >= 0.6 is 0 Å². The summed E-state index contributed by atoms with van der Waals surface area (Å²) < 4.78 is 5.81. The van der Waals surface area contributed by atoms with Gasteiger partial charge >= 0.3 is 5.97 Å². The van der Waals surface area contributed by atoms with Crippen molar-refractivity contribution in [1.29, 1.82) is 0 Å². The van der Waals surface area contributed by atoms with Crippen LogP contribution in [-0.4, -0.2) is 17.2 Å². The standard InChI is InChI=1S/C24H24O3/c1-16-13-17(2)22(18(3)14-16)15-23(24(25)26)27-21-11-9-20(10-12-21)19-7-5-4-6-8-19/h4-14,23H,15H2,1-3H3,(H,25,26)/t23-/m1/s1. The minimum atomic E-state index is -0.957. The molecule has 1 N–H and O–H groups in total. The SMILES string of the molecule is Cc1cc(C)c(C[C@@H](Oc2ccc(-c3ccccc3)cc2)C(=O)O)c(C)c1. The van der Waals surface area contributed by atoms with Gasteiger partial charge in [0.1, 0.15) is 5.75 Å². The Morgan fingerprint density at radius 3 is 2.00 bits per heavy atom. The molecule has 0 saturated heterocycles. The maximum absolute atomic E-state index is 11.8. The van der Waals surface area contributed by atoms with Crippen molar-refractivity contribution in [3.8, 4) is 16.9 Å². The van der Waals surface area contributed by atoms with Gasteiger partial charge in [-0.15, -0.1) is 0 Å². The largest absolute Gasteiger partial charge is 0.478 e. The molecule has 0 unspecified atom stereocenters. The second-order valence-electron chi connectivity index (χ2n) is 6.92. The van der Waals surface area contributed by atoms with Crippen molar-refractivity contribution in [2.24, 2.45) is 0 Å². The first-order chi connectivity index (χ1) is 12.9. The fourth-order valence-electron chi connectivity index (χ4n) is 3.42. The molecule has 0 aliphatic rings. The van der Waals surface area contributed by atoms with Crippen LogP contribution in [0, 0.1) is 20.8 Å². The number of carboxylic acids is 1. The van der Waals surface area contributed by atoms with Gasteiger partial charge in [-0.25, -0.2) is 4.79 Å². The predicted octanol–water partition coefficient (Wildman–Crippen LogP) is 5.35. The molecule has 1 atom stereocenters.